The maximum absolute atomic E-state index is 10.8. The number of aromatic carboxylic acids is 1. The molecule has 98 valence electrons. The van der Waals surface area contributed by atoms with E-state index in [4.69, 9.17) is 5.11 Å². The van der Waals surface area contributed by atoms with Crippen LogP contribution in [0.4, 0.5) is 0 Å². The summed E-state index contributed by atoms with van der Waals surface area (Å²) in [4.78, 5) is 12.3. The van der Waals surface area contributed by atoms with E-state index in [9.17, 15) is 4.79 Å². The van der Waals surface area contributed by atoms with Crippen molar-refractivity contribution in [3.8, 4) is 0 Å². The minimum absolute atomic E-state index is 0.438. The van der Waals surface area contributed by atoms with E-state index in [0.29, 0.717) is 4.88 Å². The predicted molar refractivity (Wildman–Crippen MR) is 71.9 cm³/mol. The van der Waals surface area contributed by atoms with Gasteiger partial charge in [0.15, 0.2) is 0 Å². The highest BCUT2D eigenvalue weighted by Gasteiger charge is 2.40. The van der Waals surface area contributed by atoms with E-state index < -0.39 is 5.97 Å². The van der Waals surface area contributed by atoms with Crippen LogP contribution in [0.25, 0.3) is 0 Å². The Kier molecular flexibility index (Phi) is 3.39. The Hall–Kier alpha value is -0.870. The molecule has 2 aliphatic carbocycles. The van der Waals surface area contributed by atoms with E-state index in [1.165, 1.54) is 37.0 Å². The molecule has 1 heterocycles. The summed E-state index contributed by atoms with van der Waals surface area (Å²) in [6.45, 7) is 1.92. The van der Waals surface area contributed by atoms with Crippen molar-refractivity contribution in [1.29, 1.82) is 0 Å². The van der Waals surface area contributed by atoms with Crippen LogP contribution in [0.3, 0.4) is 0 Å². The Morgan fingerprint density at radius 2 is 2.00 bits per heavy atom. The molecule has 0 radical (unpaired) electrons. The molecular formula is C14H19NO2S. The van der Waals surface area contributed by atoms with Crippen LogP contribution in [0.2, 0.25) is 0 Å². The molecule has 0 bridgehead atoms. The molecule has 3 rings (SSSR count). The maximum atomic E-state index is 10.8. The Morgan fingerprint density at radius 1 is 1.33 bits per heavy atom. The Morgan fingerprint density at radius 3 is 2.50 bits per heavy atom. The molecule has 0 aromatic carbocycles. The molecule has 0 saturated heterocycles. The fourth-order valence-electron chi connectivity index (χ4n) is 2.72. The van der Waals surface area contributed by atoms with Crippen molar-refractivity contribution in [2.45, 2.75) is 32.2 Å². The number of carboxylic acid groups (broad SMARTS) is 1. The topological polar surface area (TPSA) is 49.3 Å². The number of hydrogen-bond donors (Lipinski definition) is 2. The van der Waals surface area contributed by atoms with Crippen LogP contribution < -0.4 is 5.32 Å². The zero-order valence-electron chi connectivity index (χ0n) is 10.4. The summed E-state index contributed by atoms with van der Waals surface area (Å²) in [5.41, 5.74) is 0. The molecule has 3 nitrogen and oxygen atoms in total. The normalized spacial score (nSPS) is 19.4. The second-order valence-electron chi connectivity index (χ2n) is 5.54. The van der Waals surface area contributed by atoms with Crippen molar-refractivity contribution in [3.05, 3.63) is 21.9 Å². The third kappa shape index (κ3) is 2.93. The Labute approximate surface area is 111 Å². The molecule has 4 heteroatoms. The molecule has 2 saturated carbocycles. The third-order valence-electron chi connectivity index (χ3n) is 4.01. The van der Waals surface area contributed by atoms with Crippen LogP contribution in [0.5, 0.6) is 0 Å². The summed E-state index contributed by atoms with van der Waals surface area (Å²) < 4.78 is 0. The van der Waals surface area contributed by atoms with E-state index in [0.717, 1.165) is 35.7 Å². The van der Waals surface area contributed by atoms with Crippen LogP contribution in [0.1, 0.15) is 40.2 Å². The minimum Gasteiger partial charge on any atom is -0.477 e. The molecule has 0 spiro atoms. The smallest absolute Gasteiger partial charge is 0.345 e. The zero-order chi connectivity index (χ0) is 12.5. The van der Waals surface area contributed by atoms with Gasteiger partial charge in [0.25, 0.3) is 0 Å². The number of nitrogens with one attached hydrogen (secondary N) is 1. The highest BCUT2D eigenvalue weighted by Crippen LogP contribution is 2.48. The highest BCUT2D eigenvalue weighted by molar-refractivity contribution is 7.13. The number of rotatable bonds is 7. The second-order valence-corrected chi connectivity index (χ2v) is 6.71. The van der Waals surface area contributed by atoms with E-state index >= 15 is 0 Å². The molecule has 2 fully saturated rings. The summed E-state index contributed by atoms with van der Waals surface area (Å²) in [5, 5.41) is 12.4. The van der Waals surface area contributed by atoms with Gasteiger partial charge in [0.1, 0.15) is 4.88 Å². The van der Waals surface area contributed by atoms with Crippen LogP contribution in [0.15, 0.2) is 12.1 Å². The van der Waals surface area contributed by atoms with Gasteiger partial charge in [-0.25, -0.2) is 4.79 Å². The standard InChI is InChI=1S/C14H19NO2S/c16-14(17)13-6-5-11(18-13)7-15-8-12(9-1-2-9)10-3-4-10/h5-6,9-10,12,15H,1-4,7-8H2,(H,16,17). The summed E-state index contributed by atoms with van der Waals surface area (Å²) in [6.07, 6.45) is 5.69. The van der Waals surface area contributed by atoms with Gasteiger partial charge in [-0.3, -0.25) is 0 Å². The quantitative estimate of drug-likeness (QED) is 0.797. The fourth-order valence-corrected chi connectivity index (χ4v) is 3.53. The summed E-state index contributed by atoms with van der Waals surface area (Å²) in [6, 6.07) is 3.62. The number of carboxylic acids is 1. The largest absolute Gasteiger partial charge is 0.477 e. The number of carbonyl (C=O) groups is 1. The number of thiophene rings is 1. The van der Waals surface area contributed by atoms with Gasteiger partial charge in [-0.15, -0.1) is 11.3 Å². The van der Waals surface area contributed by atoms with Gasteiger partial charge in [-0.05, 0) is 62.1 Å². The average Bonchev–Trinajstić information content (AvgIpc) is 3.25. The first-order valence-corrected chi connectivity index (χ1v) is 7.58. The van der Waals surface area contributed by atoms with E-state index in [1.54, 1.807) is 6.07 Å². The highest BCUT2D eigenvalue weighted by atomic mass is 32.1. The predicted octanol–water partition coefficient (Wildman–Crippen LogP) is 2.97. The minimum atomic E-state index is -0.819. The van der Waals surface area contributed by atoms with Crippen LogP contribution in [-0.4, -0.2) is 17.6 Å². The first kappa shape index (κ1) is 12.2. The molecule has 1 aromatic heterocycles. The lowest BCUT2D eigenvalue weighted by atomic mass is 9.98. The van der Waals surface area contributed by atoms with Gasteiger partial charge < -0.3 is 10.4 Å². The molecular weight excluding hydrogens is 246 g/mol. The van der Waals surface area contributed by atoms with Crippen molar-refractivity contribution < 1.29 is 9.90 Å². The first-order valence-electron chi connectivity index (χ1n) is 6.77. The lowest BCUT2D eigenvalue weighted by molar-refractivity contribution is 0.0702. The average molecular weight is 265 g/mol. The molecule has 0 atom stereocenters. The molecule has 0 amide bonds. The summed E-state index contributed by atoms with van der Waals surface area (Å²) >= 11 is 1.38. The van der Waals surface area contributed by atoms with Gasteiger partial charge in [0, 0.05) is 11.4 Å². The van der Waals surface area contributed by atoms with Crippen molar-refractivity contribution in [1.82, 2.24) is 5.32 Å². The molecule has 0 unspecified atom stereocenters. The van der Waals surface area contributed by atoms with Gasteiger partial charge in [-0.2, -0.15) is 0 Å². The molecule has 2 N–H and O–H groups in total. The number of hydrogen-bond acceptors (Lipinski definition) is 3. The van der Waals surface area contributed by atoms with Crippen LogP contribution in [0, 0.1) is 17.8 Å². The van der Waals surface area contributed by atoms with Crippen LogP contribution in [-0.2, 0) is 6.54 Å². The van der Waals surface area contributed by atoms with E-state index in [2.05, 4.69) is 5.32 Å². The van der Waals surface area contributed by atoms with Crippen molar-refractivity contribution in [2.75, 3.05) is 6.54 Å². The van der Waals surface area contributed by atoms with Gasteiger partial charge in [0.2, 0.25) is 0 Å². The second kappa shape index (κ2) is 5.02. The van der Waals surface area contributed by atoms with Gasteiger partial charge in [0.05, 0.1) is 0 Å². The molecule has 2 aliphatic rings. The zero-order valence-corrected chi connectivity index (χ0v) is 11.2. The SMILES string of the molecule is O=C(O)c1ccc(CNCC(C2CC2)C2CC2)s1. The maximum Gasteiger partial charge on any atom is 0.345 e. The van der Waals surface area contributed by atoms with E-state index in [-0.39, 0.29) is 0 Å². The van der Waals surface area contributed by atoms with Crippen molar-refractivity contribution in [2.24, 2.45) is 17.8 Å². The van der Waals surface area contributed by atoms with Gasteiger partial charge in [-0.1, -0.05) is 0 Å². The van der Waals surface area contributed by atoms with Gasteiger partial charge >= 0.3 is 5.97 Å². The summed E-state index contributed by atoms with van der Waals surface area (Å²) in [7, 11) is 0. The third-order valence-corrected chi connectivity index (χ3v) is 5.08. The lowest BCUT2D eigenvalue weighted by Gasteiger charge is -2.15. The monoisotopic (exact) mass is 265 g/mol. The van der Waals surface area contributed by atoms with E-state index in [1.807, 2.05) is 6.07 Å². The molecule has 1 aromatic rings. The summed E-state index contributed by atoms with van der Waals surface area (Å²) in [5.74, 6) is 2.01. The Balaban J connectivity index is 1.46. The molecule has 18 heavy (non-hydrogen) atoms. The first-order chi connectivity index (χ1) is 8.74. The fraction of sp³-hybridized carbons (Fsp3) is 0.643. The lowest BCUT2D eigenvalue weighted by Crippen LogP contribution is -2.24. The molecule has 0 aliphatic heterocycles. The Bertz CT molecular complexity index is 423. The van der Waals surface area contributed by atoms with Crippen molar-refractivity contribution in [3.63, 3.8) is 0 Å². The van der Waals surface area contributed by atoms with Crippen molar-refractivity contribution >= 4 is 17.3 Å². The van der Waals surface area contributed by atoms with Crippen LogP contribution >= 0.6 is 11.3 Å².